The minimum Gasteiger partial charge on any atom is -0.392 e. The van der Waals surface area contributed by atoms with Gasteiger partial charge in [-0.2, -0.15) is 0 Å². The maximum Gasteiger partial charge on any atom is 0.259 e. The first-order valence-corrected chi connectivity index (χ1v) is 4.92. The van der Waals surface area contributed by atoms with Gasteiger partial charge in [-0.3, -0.25) is 4.79 Å². The minimum atomic E-state index is -1.17. The number of carbonyl (C=O) groups is 1. The fraction of sp³-hybridized carbons (Fsp3) is 0.700. The Balaban J connectivity index is 2.36. The molecule has 1 fully saturated rings. The average Bonchev–Trinajstić information content (AvgIpc) is 2.51. The Hall–Kier alpha value is -0.910. The lowest BCUT2D eigenvalue weighted by Gasteiger charge is -2.26. The Morgan fingerprint density at radius 1 is 1.67 bits per heavy atom. The van der Waals surface area contributed by atoms with Gasteiger partial charge in [0.2, 0.25) is 0 Å². The lowest BCUT2D eigenvalue weighted by molar-refractivity contribution is -0.134. The molecule has 5 heteroatoms. The third-order valence-electron chi connectivity index (χ3n) is 2.79. The SMILES string of the molecule is CC1(C)NC(=O)[C@]2(C[C@@H](O)C=C2CO)O1. The number of carbonyl (C=O) groups excluding carboxylic acids is 1. The van der Waals surface area contributed by atoms with Crippen LogP contribution in [0.25, 0.3) is 0 Å². The van der Waals surface area contributed by atoms with Gasteiger partial charge in [0, 0.05) is 6.42 Å². The van der Waals surface area contributed by atoms with Crippen LogP contribution in [-0.4, -0.2) is 40.2 Å². The van der Waals surface area contributed by atoms with Crippen molar-refractivity contribution in [2.24, 2.45) is 0 Å². The second kappa shape index (κ2) is 3.04. The normalized spacial score (nSPS) is 38.3. The Bertz CT molecular complexity index is 336. The van der Waals surface area contributed by atoms with E-state index in [1.807, 2.05) is 0 Å². The van der Waals surface area contributed by atoms with Gasteiger partial charge < -0.3 is 20.3 Å². The molecule has 0 aromatic rings. The maximum atomic E-state index is 11.8. The van der Waals surface area contributed by atoms with Gasteiger partial charge in [0.25, 0.3) is 5.91 Å². The number of aliphatic hydroxyl groups is 2. The number of rotatable bonds is 1. The van der Waals surface area contributed by atoms with Crippen molar-refractivity contribution in [1.29, 1.82) is 0 Å². The van der Waals surface area contributed by atoms with Crippen LogP contribution in [0.15, 0.2) is 11.6 Å². The summed E-state index contributed by atoms with van der Waals surface area (Å²) in [4.78, 5) is 11.8. The number of hydrogen-bond acceptors (Lipinski definition) is 4. The topological polar surface area (TPSA) is 78.8 Å². The Kier molecular flexibility index (Phi) is 2.15. The van der Waals surface area contributed by atoms with E-state index in [4.69, 9.17) is 9.84 Å². The van der Waals surface area contributed by atoms with E-state index in [2.05, 4.69) is 5.32 Å². The predicted molar refractivity (Wildman–Crippen MR) is 51.8 cm³/mol. The summed E-state index contributed by atoms with van der Waals surface area (Å²) in [6.07, 6.45) is 0.936. The number of aliphatic hydroxyl groups excluding tert-OH is 2. The molecule has 0 unspecified atom stereocenters. The van der Waals surface area contributed by atoms with Crippen LogP contribution >= 0.6 is 0 Å². The highest BCUT2D eigenvalue weighted by molar-refractivity contribution is 5.92. The molecule has 1 saturated heterocycles. The van der Waals surface area contributed by atoms with E-state index < -0.39 is 17.4 Å². The smallest absolute Gasteiger partial charge is 0.259 e. The van der Waals surface area contributed by atoms with Crippen molar-refractivity contribution >= 4 is 5.91 Å². The summed E-state index contributed by atoms with van der Waals surface area (Å²) in [5, 5.41) is 21.3. The molecule has 2 atom stereocenters. The highest BCUT2D eigenvalue weighted by Crippen LogP contribution is 2.41. The number of amides is 1. The van der Waals surface area contributed by atoms with Crippen molar-refractivity contribution in [3.05, 3.63) is 11.6 Å². The van der Waals surface area contributed by atoms with Gasteiger partial charge in [-0.05, 0) is 19.4 Å². The molecule has 2 aliphatic rings. The van der Waals surface area contributed by atoms with E-state index in [9.17, 15) is 9.90 Å². The molecule has 2 rings (SSSR count). The molecule has 15 heavy (non-hydrogen) atoms. The predicted octanol–water partition coefficient (Wildman–Crippen LogP) is -0.709. The van der Waals surface area contributed by atoms with E-state index in [1.54, 1.807) is 13.8 Å². The van der Waals surface area contributed by atoms with E-state index in [0.717, 1.165) is 0 Å². The summed E-state index contributed by atoms with van der Waals surface area (Å²) in [7, 11) is 0. The maximum absolute atomic E-state index is 11.8. The number of ether oxygens (including phenoxy) is 1. The largest absolute Gasteiger partial charge is 0.392 e. The van der Waals surface area contributed by atoms with E-state index in [0.29, 0.717) is 5.57 Å². The molecule has 1 amide bonds. The van der Waals surface area contributed by atoms with Crippen LogP contribution < -0.4 is 5.32 Å². The standard InChI is InChI=1S/C10H15NO4/c1-9(2)11-8(14)10(15-9)4-7(13)3-6(10)5-12/h3,7,12-13H,4-5H2,1-2H3,(H,11,14)/t7-,10+/m0/s1. The molecule has 1 heterocycles. The van der Waals surface area contributed by atoms with Gasteiger partial charge in [-0.25, -0.2) is 0 Å². The van der Waals surface area contributed by atoms with E-state index in [1.165, 1.54) is 6.08 Å². The third-order valence-corrected chi connectivity index (χ3v) is 2.79. The van der Waals surface area contributed by atoms with Crippen LogP contribution in [0.1, 0.15) is 20.3 Å². The van der Waals surface area contributed by atoms with Crippen LogP contribution in [0.4, 0.5) is 0 Å². The first kappa shape index (κ1) is 10.6. The summed E-state index contributed by atoms with van der Waals surface area (Å²) in [6, 6.07) is 0. The van der Waals surface area contributed by atoms with Gasteiger partial charge >= 0.3 is 0 Å². The average molecular weight is 213 g/mol. The van der Waals surface area contributed by atoms with Crippen molar-refractivity contribution in [1.82, 2.24) is 5.32 Å². The van der Waals surface area contributed by atoms with Crippen LogP contribution in [0.5, 0.6) is 0 Å². The molecule has 5 nitrogen and oxygen atoms in total. The van der Waals surface area contributed by atoms with Crippen LogP contribution in [-0.2, 0) is 9.53 Å². The first-order valence-electron chi connectivity index (χ1n) is 4.92. The van der Waals surface area contributed by atoms with Crippen molar-refractivity contribution in [2.75, 3.05) is 6.61 Å². The van der Waals surface area contributed by atoms with E-state index in [-0.39, 0.29) is 18.9 Å². The van der Waals surface area contributed by atoms with Gasteiger partial charge in [0.05, 0.1) is 12.7 Å². The molecular weight excluding hydrogens is 198 g/mol. The molecule has 0 aromatic heterocycles. The van der Waals surface area contributed by atoms with Gasteiger partial charge in [-0.1, -0.05) is 6.08 Å². The van der Waals surface area contributed by atoms with Crippen LogP contribution in [0.2, 0.25) is 0 Å². The summed E-state index contributed by atoms with van der Waals surface area (Å²) in [5.41, 5.74) is -1.48. The zero-order valence-electron chi connectivity index (χ0n) is 8.78. The minimum absolute atomic E-state index is 0.179. The molecule has 0 bridgehead atoms. The quantitative estimate of drug-likeness (QED) is 0.503. The molecule has 0 aromatic carbocycles. The lowest BCUT2D eigenvalue weighted by Crippen LogP contribution is -2.41. The Morgan fingerprint density at radius 2 is 2.33 bits per heavy atom. The van der Waals surface area contributed by atoms with Gasteiger partial charge in [0.1, 0.15) is 5.72 Å². The second-order valence-electron chi connectivity index (χ2n) is 4.52. The molecule has 84 valence electrons. The molecule has 1 aliphatic carbocycles. The zero-order valence-corrected chi connectivity index (χ0v) is 8.78. The molecule has 1 spiro atoms. The lowest BCUT2D eigenvalue weighted by atomic mass is 9.95. The highest BCUT2D eigenvalue weighted by Gasteiger charge is 2.56. The Morgan fingerprint density at radius 3 is 2.80 bits per heavy atom. The molecule has 1 aliphatic heterocycles. The summed E-state index contributed by atoms with van der Waals surface area (Å²) >= 11 is 0. The van der Waals surface area contributed by atoms with Crippen molar-refractivity contribution in [3.63, 3.8) is 0 Å². The highest BCUT2D eigenvalue weighted by atomic mass is 16.6. The van der Waals surface area contributed by atoms with Gasteiger partial charge in [-0.15, -0.1) is 0 Å². The number of nitrogens with one attached hydrogen (secondary N) is 1. The van der Waals surface area contributed by atoms with Crippen LogP contribution in [0.3, 0.4) is 0 Å². The van der Waals surface area contributed by atoms with Crippen LogP contribution in [0, 0.1) is 0 Å². The first-order chi connectivity index (χ1) is 6.89. The summed E-state index contributed by atoms with van der Waals surface area (Å²) in [6.45, 7) is 3.19. The zero-order chi connectivity index (χ0) is 11.3. The molecule has 0 radical (unpaired) electrons. The van der Waals surface area contributed by atoms with Gasteiger partial charge in [0.15, 0.2) is 5.60 Å². The van der Waals surface area contributed by atoms with Crippen molar-refractivity contribution in [2.45, 2.75) is 37.7 Å². The van der Waals surface area contributed by atoms with Crippen molar-refractivity contribution < 1.29 is 19.7 Å². The third kappa shape index (κ3) is 1.47. The molecule has 3 N–H and O–H groups in total. The Labute approximate surface area is 87.7 Å². The molecular formula is C10H15NO4. The monoisotopic (exact) mass is 213 g/mol. The van der Waals surface area contributed by atoms with Crippen molar-refractivity contribution in [3.8, 4) is 0 Å². The fourth-order valence-corrected chi connectivity index (χ4v) is 2.26. The molecule has 0 saturated carbocycles. The second-order valence-corrected chi connectivity index (χ2v) is 4.52. The number of hydrogen-bond donors (Lipinski definition) is 3. The van der Waals surface area contributed by atoms with E-state index >= 15 is 0 Å². The summed E-state index contributed by atoms with van der Waals surface area (Å²) in [5.74, 6) is -0.288. The fourth-order valence-electron chi connectivity index (χ4n) is 2.26. The summed E-state index contributed by atoms with van der Waals surface area (Å²) < 4.78 is 5.63.